The van der Waals surface area contributed by atoms with Gasteiger partial charge in [-0.15, -0.1) is 0 Å². The van der Waals surface area contributed by atoms with Crippen LogP contribution in [-0.2, 0) is 4.79 Å². The predicted molar refractivity (Wildman–Crippen MR) is 48.9 cm³/mol. The molecule has 1 saturated carbocycles. The van der Waals surface area contributed by atoms with Gasteiger partial charge < -0.3 is 5.32 Å². The summed E-state index contributed by atoms with van der Waals surface area (Å²) < 4.78 is 0. The van der Waals surface area contributed by atoms with E-state index in [9.17, 15) is 4.79 Å². The molecule has 0 radical (unpaired) electrons. The van der Waals surface area contributed by atoms with Crippen LogP contribution in [0.1, 0.15) is 20.3 Å². The Kier molecular flexibility index (Phi) is 2.78. The largest absolute Gasteiger partial charge is 0.356 e. The maximum atomic E-state index is 11.3. The summed E-state index contributed by atoms with van der Waals surface area (Å²) in [6, 6.07) is 0. The summed E-state index contributed by atoms with van der Waals surface area (Å²) in [7, 11) is 0. The van der Waals surface area contributed by atoms with E-state index in [-0.39, 0.29) is 17.2 Å². The Balaban J connectivity index is 2.16. The van der Waals surface area contributed by atoms with Crippen molar-refractivity contribution in [3.63, 3.8) is 0 Å². The molecule has 0 bridgehead atoms. The number of carbonyl (C=O) groups is 1. The fraction of sp³-hybridized carbons (Fsp3) is 0.875. The summed E-state index contributed by atoms with van der Waals surface area (Å²) in [6.45, 7) is 4.92. The molecule has 5 heteroatoms. The first-order valence-electron chi connectivity index (χ1n) is 4.36. The molecule has 0 aromatic carbocycles. The number of amides is 1. The van der Waals surface area contributed by atoms with Gasteiger partial charge in [0.25, 0.3) is 0 Å². The molecule has 1 fully saturated rings. The first kappa shape index (κ1) is 9.86. The monoisotopic (exact) mass is 182 g/mol. The first-order valence-corrected chi connectivity index (χ1v) is 4.36. The average Bonchev–Trinajstić information content (AvgIpc) is 2.69. The zero-order chi connectivity index (χ0) is 9.90. The van der Waals surface area contributed by atoms with Gasteiger partial charge in [-0.3, -0.25) is 4.79 Å². The number of hydrogen-bond donors (Lipinski definition) is 1. The number of hydrogen-bond acceptors (Lipinski definition) is 2. The number of nitrogens with one attached hydrogen (secondary N) is 1. The Morgan fingerprint density at radius 1 is 1.77 bits per heavy atom. The van der Waals surface area contributed by atoms with Crippen molar-refractivity contribution in [3.8, 4) is 0 Å². The second-order valence-corrected chi connectivity index (χ2v) is 3.99. The Morgan fingerprint density at radius 2 is 2.38 bits per heavy atom. The molecule has 0 saturated heterocycles. The van der Waals surface area contributed by atoms with Crippen molar-refractivity contribution in [1.29, 1.82) is 0 Å². The van der Waals surface area contributed by atoms with Crippen LogP contribution in [0, 0.1) is 11.3 Å². The van der Waals surface area contributed by atoms with Gasteiger partial charge in [-0.25, -0.2) is 0 Å². The lowest BCUT2D eigenvalue weighted by molar-refractivity contribution is -0.122. The Bertz CT molecular complexity index is 255. The van der Waals surface area contributed by atoms with Gasteiger partial charge in [0.15, 0.2) is 0 Å². The van der Waals surface area contributed by atoms with E-state index >= 15 is 0 Å². The Hall–Kier alpha value is -1.22. The van der Waals surface area contributed by atoms with Crippen molar-refractivity contribution in [1.82, 2.24) is 5.32 Å². The van der Waals surface area contributed by atoms with Gasteiger partial charge in [-0.2, -0.15) is 0 Å². The molecule has 0 aliphatic heterocycles. The van der Waals surface area contributed by atoms with Gasteiger partial charge in [0.1, 0.15) is 0 Å². The lowest BCUT2D eigenvalue weighted by Crippen LogP contribution is -2.28. The molecule has 0 heterocycles. The van der Waals surface area contributed by atoms with Crippen molar-refractivity contribution in [3.05, 3.63) is 10.4 Å². The topological polar surface area (TPSA) is 77.9 Å². The van der Waals surface area contributed by atoms with E-state index in [0.29, 0.717) is 13.1 Å². The summed E-state index contributed by atoms with van der Waals surface area (Å²) in [5.41, 5.74) is 8.15. The highest BCUT2D eigenvalue weighted by atomic mass is 16.2. The smallest absolute Gasteiger partial charge is 0.223 e. The zero-order valence-electron chi connectivity index (χ0n) is 7.95. The van der Waals surface area contributed by atoms with Crippen molar-refractivity contribution in [2.24, 2.45) is 16.4 Å². The molecule has 1 atom stereocenters. The van der Waals surface area contributed by atoms with Crippen molar-refractivity contribution in [2.45, 2.75) is 20.3 Å². The molecule has 0 aromatic rings. The van der Waals surface area contributed by atoms with Crippen molar-refractivity contribution >= 4 is 5.91 Å². The standard InChI is InChI=1S/C8H14N4O/c1-8(2)5-6(8)7(13)10-3-4-11-12-9/h6H,3-5H2,1-2H3,(H,10,13). The normalized spacial score (nSPS) is 23.1. The van der Waals surface area contributed by atoms with Crippen LogP contribution in [0.25, 0.3) is 10.4 Å². The number of rotatable bonds is 4. The molecule has 0 aromatic heterocycles. The third kappa shape index (κ3) is 2.63. The SMILES string of the molecule is CC1(C)CC1C(=O)NCCN=[N+]=[N-]. The predicted octanol–water partition coefficient (Wildman–Crippen LogP) is 1.46. The molecule has 0 spiro atoms. The highest BCUT2D eigenvalue weighted by molar-refractivity contribution is 5.82. The van der Waals surface area contributed by atoms with Crippen molar-refractivity contribution in [2.75, 3.05) is 13.1 Å². The number of azide groups is 1. The minimum absolute atomic E-state index is 0.0816. The average molecular weight is 182 g/mol. The van der Waals surface area contributed by atoms with Crippen molar-refractivity contribution < 1.29 is 4.79 Å². The van der Waals surface area contributed by atoms with Crippen LogP contribution in [0.5, 0.6) is 0 Å². The Morgan fingerprint density at radius 3 is 2.85 bits per heavy atom. The maximum absolute atomic E-state index is 11.3. The van der Waals surface area contributed by atoms with Crippen LogP contribution >= 0.6 is 0 Å². The fourth-order valence-corrected chi connectivity index (χ4v) is 1.31. The number of carbonyl (C=O) groups excluding carboxylic acids is 1. The van der Waals surface area contributed by atoms with Gasteiger partial charge in [0, 0.05) is 23.9 Å². The third-order valence-electron chi connectivity index (χ3n) is 2.40. The second-order valence-electron chi connectivity index (χ2n) is 3.99. The van der Waals surface area contributed by atoms with Crippen LogP contribution in [-0.4, -0.2) is 19.0 Å². The van der Waals surface area contributed by atoms with Gasteiger partial charge >= 0.3 is 0 Å². The summed E-state index contributed by atoms with van der Waals surface area (Å²) >= 11 is 0. The molecule has 13 heavy (non-hydrogen) atoms. The van der Waals surface area contributed by atoms with Crippen LogP contribution in [0.3, 0.4) is 0 Å². The molecule has 1 N–H and O–H groups in total. The molecule has 5 nitrogen and oxygen atoms in total. The quantitative estimate of drug-likeness (QED) is 0.304. The molecular formula is C8H14N4O. The van der Waals surface area contributed by atoms with Gasteiger partial charge in [-0.1, -0.05) is 19.0 Å². The minimum atomic E-state index is 0.0816. The third-order valence-corrected chi connectivity index (χ3v) is 2.40. The maximum Gasteiger partial charge on any atom is 0.223 e. The summed E-state index contributed by atoms with van der Waals surface area (Å²) in [4.78, 5) is 13.9. The summed E-state index contributed by atoms with van der Waals surface area (Å²) in [5, 5.41) is 6.06. The van der Waals surface area contributed by atoms with E-state index in [2.05, 4.69) is 29.2 Å². The lowest BCUT2D eigenvalue weighted by Gasteiger charge is -2.03. The van der Waals surface area contributed by atoms with E-state index < -0.39 is 0 Å². The van der Waals surface area contributed by atoms with E-state index in [0.717, 1.165) is 6.42 Å². The molecule has 1 unspecified atom stereocenters. The van der Waals surface area contributed by atoms with E-state index in [1.54, 1.807) is 0 Å². The van der Waals surface area contributed by atoms with Crippen LogP contribution < -0.4 is 5.32 Å². The first-order chi connectivity index (χ1) is 6.08. The molecule has 1 amide bonds. The molecule has 1 rings (SSSR count). The lowest BCUT2D eigenvalue weighted by atomic mass is 10.1. The molecule has 1 aliphatic carbocycles. The highest BCUT2D eigenvalue weighted by Gasteiger charge is 2.50. The van der Waals surface area contributed by atoms with Crippen LogP contribution in [0.15, 0.2) is 5.11 Å². The highest BCUT2D eigenvalue weighted by Crippen LogP contribution is 2.51. The van der Waals surface area contributed by atoms with Crippen LogP contribution in [0.4, 0.5) is 0 Å². The second kappa shape index (κ2) is 3.66. The molecule has 72 valence electrons. The van der Waals surface area contributed by atoms with E-state index in [1.165, 1.54) is 0 Å². The van der Waals surface area contributed by atoms with E-state index in [4.69, 9.17) is 5.53 Å². The fourth-order valence-electron chi connectivity index (χ4n) is 1.31. The minimum Gasteiger partial charge on any atom is -0.356 e. The van der Waals surface area contributed by atoms with Gasteiger partial charge in [-0.05, 0) is 17.4 Å². The molecule has 1 aliphatic rings. The molecular weight excluding hydrogens is 168 g/mol. The van der Waals surface area contributed by atoms with E-state index in [1.807, 2.05) is 0 Å². The Labute approximate surface area is 77.1 Å². The van der Waals surface area contributed by atoms with Gasteiger partial charge in [0.05, 0.1) is 0 Å². The summed E-state index contributed by atoms with van der Waals surface area (Å²) in [5.74, 6) is 0.233. The summed E-state index contributed by atoms with van der Waals surface area (Å²) in [6.07, 6.45) is 0.959. The van der Waals surface area contributed by atoms with Gasteiger partial charge in [0.2, 0.25) is 5.91 Å². The van der Waals surface area contributed by atoms with Crippen LogP contribution in [0.2, 0.25) is 0 Å². The number of nitrogens with zero attached hydrogens (tertiary/aromatic N) is 3. The zero-order valence-corrected chi connectivity index (χ0v) is 7.95.